The predicted octanol–water partition coefficient (Wildman–Crippen LogP) is 4.34. The zero-order valence-electron chi connectivity index (χ0n) is 20.5. The van der Waals surface area contributed by atoms with Crippen LogP contribution in [0.5, 0.6) is 5.75 Å². The smallest absolute Gasteiger partial charge is 0.295 e. The van der Waals surface area contributed by atoms with Gasteiger partial charge in [0, 0.05) is 36.0 Å². The van der Waals surface area contributed by atoms with E-state index in [-0.39, 0.29) is 16.9 Å². The minimum Gasteiger partial charge on any atom is -0.497 e. The number of nitro groups is 1. The third-order valence-electron chi connectivity index (χ3n) is 6.65. The summed E-state index contributed by atoms with van der Waals surface area (Å²) in [7, 11) is 1.58. The van der Waals surface area contributed by atoms with E-state index in [9.17, 15) is 14.9 Å². The lowest BCUT2D eigenvalue weighted by atomic mass is 9.82. The topological polar surface area (TPSA) is 99.7 Å². The molecule has 1 saturated heterocycles. The lowest BCUT2D eigenvalue weighted by molar-refractivity contribution is -0.384. The number of methoxy groups -OCH3 is 1. The maximum Gasteiger partial charge on any atom is 0.295 e. The van der Waals surface area contributed by atoms with E-state index >= 15 is 0 Å². The summed E-state index contributed by atoms with van der Waals surface area (Å²) in [5, 5.41) is 16.6. The van der Waals surface area contributed by atoms with Crippen LogP contribution in [0.2, 0.25) is 0 Å². The molecule has 9 heteroatoms. The van der Waals surface area contributed by atoms with Gasteiger partial charge in [-0.1, -0.05) is 32.9 Å². The number of hydrogen-bond donors (Lipinski definition) is 0. The third kappa shape index (κ3) is 4.90. The second-order valence-corrected chi connectivity index (χ2v) is 9.16. The van der Waals surface area contributed by atoms with Crippen molar-refractivity contribution in [2.75, 3.05) is 38.3 Å². The number of hydrogen-bond acceptors (Lipinski definition) is 7. The van der Waals surface area contributed by atoms with Crippen molar-refractivity contribution in [3.05, 3.63) is 74.6 Å². The molecule has 0 amide bonds. The summed E-state index contributed by atoms with van der Waals surface area (Å²) >= 11 is 0. The quantitative estimate of drug-likeness (QED) is 0.368. The van der Waals surface area contributed by atoms with Crippen LogP contribution < -0.4 is 15.2 Å². The highest BCUT2D eigenvalue weighted by atomic mass is 16.6. The highest BCUT2D eigenvalue weighted by molar-refractivity contribution is 5.65. The summed E-state index contributed by atoms with van der Waals surface area (Å²) in [4.78, 5) is 27.4. The maximum atomic E-state index is 13.8. The molecule has 184 valence electrons. The normalized spacial score (nSPS) is 14.1. The van der Waals surface area contributed by atoms with Gasteiger partial charge in [-0.2, -0.15) is 9.78 Å². The SMILES string of the molecule is CCC(C)(C)c1cc(-c2cccc(OC)c2)nn(-c2cc(N3CCOCC3)ccc2[N+](=O)[O-])c1=O. The monoisotopic (exact) mass is 478 g/mol. The average molecular weight is 479 g/mol. The van der Waals surface area contributed by atoms with E-state index in [1.165, 1.54) is 10.7 Å². The van der Waals surface area contributed by atoms with E-state index in [2.05, 4.69) is 10.00 Å². The molecule has 0 spiro atoms. The number of nitrogens with zero attached hydrogens (tertiary/aromatic N) is 4. The Balaban J connectivity index is 1.98. The van der Waals surface area contributed by atoms with Crippen molar-refractivity contribution in [2.24, 2.45) is 0 Å². The van der Waals surface area contributed by atoms with Crippen molar-refractivity contribution in [2.45, 2.75) is 32.6 Å². The number of morpholine rings is 1. The molecule has 0 radical (unpaired) electrons. The summed E-state index contributed by atoms with van der Waals surface area (Å²) in [6, 6.07) is 14.0. The fourth-order valence-electron chi connectivity index (χ4n) is 4.11. The molecule has 1 fully saturated rings. The van der Waals surface area contributed by atoms with Crippen LogP contribution in [-0.2, 0) is 10.2 Å². The molecule has 1 aliphatic rings. The highest BCUT2D eigenvalue weighted by Crippen LogP contribution is 2.32. The van der Waals surface area contributed by atoms with E-state index in [1.807, 2.05) is 45.0 Å². The molecular formula is C26H30N4O5. The Kier molecular flexibility index (Phi) is 6.88. The van der Waals surface area contributed by atoms with Gasteiger partial charge in [-0.05, 0) is 42.2 Å². The largest absolute Gasteiger partial charge is 0.497 e. The van der Waals surface area contributed by atoms with Crippen molar-refractivity contribution < 1.29 is 14.4 Å². The van der Waals surface area contributed by atoms with Gasteiger partial charge in [0.1, 0.15) is 11.4 Å². The molecule has 3 aromatic rings. The van der Waals surface area contributed by atoms with Gasteiger partial charge in [0.2, 0.25) is 0 Å². The van der Waals surface area contributed by atoms with Crippen LogP contribution in [0.15, 0.2) is 53.3 Å². The molecule has 2 aromatic carbocycles. The van der Waals surface area contributed by atoms with Gasteiger partial charge in [-0.25, -0.2) is 0 Å². The fourth-order valence-corrected chi connectivity index (χ4v) is 4.11. The molecule has 0 atom stereocenters. The molecule has 1 aliphatic heterocycles. The zero-order chi connectivity index (χ0) is 25.2. The Hall–Kier alpha value is -3.72. The summed E-state index contributed by atoms with van der Waals surface area (Å²) in [6.07, 6.45) is 0.708. The first kappa shape index (κ1) is 24.4. The summed E-state index contributed by atoms with van der Waals surface area (Å²) in [6.45, 7) is 8.46. The van der Waals surface area contributed by atoms with Gasteiger partial charge < -0.3 is 14.4 Å². The Morgan fingerprint density at radius 1 is 1.14 bits per heavy atom. The highest BCUT2D eigenvalue weighted by Gasteiger charge is 2.28. The molecule has 0 bridgehead atoms. The molecule has 2 heterocycles. The molecule has 9 nitrogen and oxygen atoms in total. The number of aromatic nitrogens is 2. The predicted molar refractivity (Wildman–Crippen MR) is 135 cm³/mol. The Morgan fingerprint density at radius 3 is 2.54 bits per heavy atom. The van der Waals surface area contributed by atoms with Gasteiger partial charge in [0.15, 0.2) is 0 Å². The minimum atomic E-state index is -0.477. The number of rotatable bonds is 7. The van der Waals surface area contributed by atoms with E-state index < -0.39 is 10.3 Å². The van der Waals surface area contributed by atoms with Crippen LogP contribution >= 0.6 is 0 Å². The fraction of sp³-hybridized carbons (Fsp3) is 0.385. The van der Waals surface area contributed by atoms with Gasteiger partial charge in [-0.3, -0.25) is 14.9 Å². The maximum absolute atomic E-state index is 13.8. The molecule has 0 aliphatic carbocycles. The lowest BCUT2D eigenvalue weighted by Crippen LogP contribution is -2.36. The second kappa shape index (κ2) is 9.87. The van der Waals surface area contributed by atoms with Crippen molar-refractivity contribution in [3.63, 3.8) is 0 Å². The first-order chi connectivity index (χ1) is 16.7. The Morgan fingerprint density at radius 2 is 1.89 bits per heavy atom. The zero-order valence-corrected chi connectivity index (χ0v) is 20.5. The van der Waals surface area contributed by atoms with Crippen molar-refractivity contribution in [3.8, 4) is 22.7 Å². The van der Waals surface area contributed by atoms with Crippen LogP contribution in [-0.4, -0.2) is 48.1 Å². The van der Waals surface area contributed by atoms with Gasteiger partial charge in [0.25, 0.3) is 11.2 Å². The summed E-state index contributed by atoms with van der Waals surface area (Å²) in [5.41, 5.74) is 1.73. The number of benzene rings is 2. The van der Waals surface area contributed by atoms with Gasteiger partial charge in [-0.15, -0.1) is 0 Å². The van der Waals surface area contributed by atoms with E-state index in [0.717, 1.165) is 11.3 Å². The Labute approximate surface area is 204 Å². The molecule has 1 aromatic heterocycles. The molecule has 4 rings (SSSR count). The van der Waals surface area contributed by atoms with E-state index in [0.29, 0.717) is 49.7 Å². The average Bonchev–Trinajstić information content (AvgIpc) is 2.88. The third-order valence-corrected chi connectivity index (χ3v) is 6.65. The summed E-state index contributed by atoms with van der Waals surface area (Å²) < 4.78 is 12.0. The second-order valence-electron chi connectivity index (χ2n) is 9.16. The molecule has 35 heavy (non-hydrogen) atoms. The number of anilines is 1. The lowest BCUT2D eigenvalue weighted by Gasteiger charge is -2.29. The number of nitro benzene ring substituents is 1. The van der Waals surface area contributed by atoms with Crippen LogP contribution in [0.25, 0.3) is 16.9 Å². The first-order valence-electron chi connectivity index (χ1n) is 11.7. The Bertz CT molecular complexity index is 1300. The van der Waals surface area contributed by atoms with Crippen molar-refractivity contribution in [1.82, 2.24) is 9.78 Å². The molecular weight excluding hydrogens is 448 g/mol. The van der Waals surface area contributed by atoms with E-state index in [4.69, 9.17) is 9.47 Å². The molecule has 0 N–H and O–H groups in total. The van der Waals surface area contributed by atoms with Gasteiger partial charge >= 0.3 is 0 Å². The first-order valence-corrected chi connectivity index (χ1v) is 11.7. The minimum absolute atomic E-state index is 0.141. The van der Waals surface area contributed by atoms with Crippen molar-refractivity contribution >= 4 is 11.4 Å². The van der Waals surface area contributed by atoms with Crippen LogP contribution in [0.1, 0.15) is 32.8 Å². The van der Waals surface area contributed by atoms with Crippen LogP contribution in [0.4, 0.5) is 11.4 Å². The standard InChI is InChI=1S/C26H30N4O5/c1-5-26(2,3)21-17-22(18-7-6-8-20(15-18)34-4)27-29(25(21)31)24-16-19(9-10-23(24)30(32)33)28-11-13-35-14-12-28/h6-10,15-17H,5,11-14H2,1-4H3. The van der Waals surface area contributed by atoms with Gasteiger partial charge in [0.05, 0.1) is 30.9 Å². The van der Waals surface area contributed by atoms with Crippen LogP contribution in [0, 0.1) is 10.1 Å². The van der Waals surface area contributed by atoms with E-state index in [1.54, 1.807) is 25.3 Å². The van der Waals surface area contributed by atoms with Crippen LogP contribution in [0.3, 0.4) is 0 Å². The summed E-state index contributed by atoms with van der Waals surface area (Å²) in [5.74, 6) is 0.652. The molecule has 0 unspecified atom stereocenters. The van der Waals surface area contributed by atoms with Crippen molar-refractivity contribution in [1.29, 1.82) is 0 Å². The molecule has 0 saturated carbocycles. The number of ether oxygens (including phenoxy) is 2.